The van der Waals surface area contributed by atoms with Gasteiger partial charge in [-0.25, -0.2) is 0 Å². The SMILES string of the molecule is CC(=O)C(Br)c1cc(C)cc(C#N)c1. The molecule has 1 atom stereocenters. The summed E-state index contributed by atoms with van der Waals surface area (Å²) in [5.74, 6) is 0.0412. The quantitative estimate of drug-likeness (QED) is 0.759. The van der Waals surface area contributed by atoms with Crippen LogP contribution in [0.4, 0.5) is 0 Å². The van der Waals surface area contributed by atoms with E-state index in [1.807, 2.05) is 13.0 Å². The third kappa shape index (κ3) is 2.43. The zero-order chi connectivity index (χ0) is 10.7. The average molecular weight is 252 g/mol. The van der Waals surface area contributed by atoms with E-state index in [0.717, 1.165) is 11.1 Å². The van der Waals surface area contributed by atoms with Crippen LogP contribution in [-0.4, -0.2) is 5.78 Å². The number of benzene rings is 1. The summed E-state index contributed by atoms with van der Waals surface area (Å²) < 4.78 is 0. The number of halogens is 1. The van der Waals surface area contributed by atoms with Crippen molar-refractivity contribution in [3.63, 3.8) is 0 Å². The van der Waals surface area contributed by atoms with Gasteiger partial charge in [0.05, 0.1) is 16.5 Å². The Balaban J connectivity index is 3.17. The highest BCUT2D eigenvalue weighted by Crippen LogP contribution is 2.25. The molecule has 1 unspecified atom stereocenters. The van der Waals surface area contributed by atoms with Gasteiger partial charge in [0, 0.05) is 0 Å². The largest absolute Gasteiger partial charge is 0.298 e. The Hall–Kier alpha value is -1.14. The summed E-state index contributed by atoms with van der Waals surface area (Å²) in [7, 11) is 0. The van der Waals surface area contributed by atoms with Crippen LogP contribution in [0.2, 0.25) is 0 Å². The van der Waals surface area contributed by atoms with E-state index in [1.165, 1.54) is 6.92 Å². The minimum absolute atomic E-state index is 0.0412. The average Bonchev–Trinajstić information content (AvgIpc) is 2.15. The van der Waals surface area contributed by atoms with Crippen molar-refractivity contribution in [2.75, 3.05) is 0 Å². The molecule has 0 aliphatic rings. The van der Waals surface area contributed by atoms with Gasteiger partial charge in [-0.05, 0) is 37.1 Å². The number of aryl methyl sites for hydroxylation is 1. The fourth-order valence-corrected chi connectivity index (χ4v) is 1.52. The monoisotopic (exact) mass is 251 g/mol. The second-order valence-electron chi connectivity index (χ2n) is 3.22. The lowest BCUT2D eigenvalue weighted by molar-refractivity contribution is -0.116. The van der Waals surface area contributed by atoms with E-state index in [1.54, 1.807) is 12.1 Å². The number of ketones is 1. The molecule has 0 aliphatic heterocycles. The normalized spacial score (nSPS) is 11.9. The van der Waals surface area contributed by atoms with Crippen LogP contribution in [0.25, 0.3) is 0 Å². The first-order valence-corrected chi connectivity index (χ1v) is 5.12. The molecule has 0 heterocycles. The van der Waals surface area contributed by atoms with Crippen molar-refractivity contribution in [3.8, 4) is 6.07 Å². The number of rotatable bonds is 2. The first kappa shape index (κ1) is 10.9. The van der Waals surface area contributed by atoms with Gasteiger partial charge in [0.2, 0.25) is 0 Å². The molecule has 0 amide bonds. The molecular weight excluding hydrogens is 242 g/mol. The summed E-state index contributed by atoms with van der Waals surface area (Å²) in [6, 6.07) is 7.50. The Kier molecular flexibility index (Phi) is 3.43. The minimum Gasteiger partial charge on any atom is -0.298 e. The van der Waals surface area contributed by atoms with Crippen LogP contribution in [0, 0.1) is 18.3 Å². The first-order chi connectivity index (χ1) is 6.54. The number of Topliss-reactive ketones (excluding diaryl/α,β-unsaturated/α-hetero) is 1. The van der Waals surface area contributed by atoms with Crippen LogP contribution < -0.4 is 0 Å². The third-order valence-electron chi connectivity index (χ3n) is 1.88. The van der Waals surface area contributed by atoms with Gasteiger partial charge >= 0.3 is 0 Å². The second-order valence-corrected chi connectivity index (χ2v) is 4.13. The molecule has 0 saturated heterocycles. The molecular formula is C11H10BrNO. The summed E-state index contributed by atoms with van der Waals surface area (Å²) in [5, 5.41) is 8.76. The third-order valence-corrected chi connectivity index (χ3v) is 3.05. The van der Waals surface area contributed by atoms with Gasteiger partial charge < -0.3 is 0 Å². The van der Waals surface area contributed by atoms with Gasteiger partial charge in [-0.15, -0.1) is 0 Å². The predicted octanol–water partition coefficient (Wildman–Crippen LogP) is 2.89. The number of nitrogens with zero attached hydrogens (tertiary/aromatic N) is 1. The molecule has 0 radical (unpaired) electrons. The highest BCUT2D eigenvalue weighted by Gasteiger charge is 2.13. The van der Waals surface area contributed by atoms with Gasteiger partial charge in [0.25, 0.3) is 0 Å². The topological polar surface area (TPSA) is 40.9 Å². The van der Waals surface area contributed by atoms with Gasteiger partial charge in [0.15, 0.2) is 0 Å². The van der Waals surface area contributed by atoms with E-state index >= 15 is 0 Å². The lowest BCUT2D eigenvalue weighted by atomic mass is 10.0. The minimum atomic E-state index is -0.311. The smallest absolute Gasteiger partial charge is 0.147 e. The molecule has 0 spiro atoms. The molecule has 0 bridgehead atoms. The number of carbonyl (C=O) groups is 1. The molecule has 1 rings (SSSR count). The number of carbonyl (C=O) groups excluding carboxylic acids is 1. The van der Waals surface area contributed by atoms with Crippen molar-refractivity contribution in [1.82, 2.24) is 0 Å². The van der Waals surface area contributed by atoms with Crippen molar-refractivity contribution < 1.29 is 4.79 Å². The maximum Gasteiger partial charge on any atom is 0.147 e. The number of nitriles is 1. The number of hydrogen-bond donors (Lipinski definition) is 0. The zero-order valence-corrected chi connectivity index (χ0v) is 9.63. The summed E-state index contributed by atoms with van der Waals surface area (Å²) in [5.41, 5.74) is 2.42. The fraction of sp³-hybridized carbons (Fsp3) is 0.273. The van der Waals surface area contributed by atoms with Gasteiger partial charge in [-0.1, -0.05) is 22.0 Å². The molecule has 0 saturated carbocycles. The van der Waals surface area contributed by atoms with Crippen molar-refractivity contribution >= 4 is 21.7 Å². The Bertz CT molecular complexity index is 406. The Morgan fingerprint density at radius 3 is 2.64 bits per heavy atom. The van der Waals surface area contributed by atoms with Crippen LogP contribution in [-0.2, 0) is 4.79 Å². The Morgan fingerprint density at radius 1 is 1.50 bits per heavy atom. The molecule has 3 heteroatoms. The van der Waals surface area contributed by atoms with E-state index in [2.05, 4.69) is 22.0 Å². The van der Waals surface area contributed by atoms with Crippen LogP contribution >= 0.6 is 15.9 Å². The maximum atomic E-state index is 11.1. The summed E-state index contributed by atoms with van der Waals surface area (Å²) >= 11 is 3.29. The summed E-state index contributed by atoms with van der Waals surface area (Å²) in [6.45, 7) is 3.43. The molecule has 1 aromatic rings. The molecule has 0 fully saturated rings. The summed E-state index contributed by atoms with van der Waals surface area (Å²) in [4.78, 5) is 10.8. The van der Waals surface area contributed by atoms with E-state index in [-0.39, 0.29) is 10.6 Å². The maximum absolute atomic E-state index is 11.1. The van der Waals surface area contributed by atoms with Gasteiger partial charge in [-0.3, -0.25) is 4.79 Å². The molecule has 0 N–H and O–H groups in total. The van der Waals surface area contributed by atoms with Crippen LogP contribution in [0.1, 0.15) is 28.4 Å². The zero-order valence-electron chi connectivity index (χ0n) is 8.04. The number of hydrogen-bond acceptors (Lipinski definition) is 2. The predicted molar refractivity (Wildman–Crippen MR) is 58.2 cm³/mol. The van der Waals surface area contributed by atoms with Crippen LogP contribution in [0.3, 0.4) is 0 Å². The Labute approximate surface area is 91.7 Å². The molecule has 14 heavy (non-hydrogen) atoms. The van der Waals surface area contributed by atoms with E-state index < -0.39 is 0 Å². The Morgan fingerprint density at radius 2 is 2.14 bits per heavy atom. The fourth-order valence-electron chi connectivity index (χ4n) is 1.26. The van der Waals surface area contributed by atoms with Crippen LogP contribution in [0.15, 0.2) is 18.2 Å². The van der Waals surface area contributed by atoms with Gasteiger partial charge in [-0.2, -0.15) is 5.26 Å². The molecule has 0 aliphatic carbocycles. The van der Waals surface area contributed by atoms with E-state index in [0.29, 0.717) is 5.56 Å². The number of alkyl halides is 1. The standard InChI is InChI=1S/C11H10BrNO/c1-7-3-9(6-13)5-10(4-7)11(12)8(2)14/h3-5,11H,1-2H3. The second kappa shape index (κ2) is 4.39. The van der Waals surface area contributed by atoms with Crippen molar-refractivity contribution in [2.45, 2.75) is 18.7 Å². The molecule has 1 aromatic carbocycles. The lowest BCUT2D eigenvalue weighted by Gasteiger charge is -2.07. The van der Waals surface area contributed by atoms with Crippen molar-refractivity contribution in [2.24, 2.45) is 0 Å². The van der Waals surface area contributed by atoms with Crippen molar-refractivity contribution in [1.29, 1.82) is 5.26 Å². The van der Waals surface area contributed by atoms with Crippen molar-refractivity contribution in [3.05, 3.63) is 34.9 Å². The first-order valence-electron chi connectivity index (χ1n) is 4.21. The van der Waals surface area contributed by atoms with E-state index in [4.69, 9.17) is 5.26 Å². The molecule has 2 nitrogen and oxygen atoms in total. The van der Waals surface area contributed by atoms with E-state index in [9.17, 15) is 4.79 Å². The summed E-state index contributed by atoms with van der Waals surface area (Å²) in [6.07, 6.45) is 0. The highest BCUT2D eigenvalue weighted by molar-refractivity contribution is 9.09. The van der Waals surface area contributed by atoms with Gasteiger partial charge in [0.1, 0.15) is 5.78 Å². The molecule has 0 aromatic heterocycles. The lowest BCUT2D eigenvalue weighted by Crippen LogP contribution is -2.01. The highest BCUT2D eigenvalue weighted by atomic mass is 79.9. The molecule has 72 valence electrons. The van der Waals surface area contributed by atoms with Crippen LogP contribution in [0.5, 0.6) is 0 Å².